The highest BCUT2D eigenvalue weighted by Gasteiger charge is 2.26. The van der Waals surface area contributed by atoms with Crippen LogP contribution in [0.25, 0.3) is 0 Å². The first-order valence-electron chi connectivity index (χ1n) is 7.43. The lowest BCUT2D eigenvalue weighted by Gasteiger charge is -2.26. The normalized spacial score (nSPS) is 21.8. The van der Waals surface area contributed by atoms with Crippen LogP contribution in [-0.2, 0) is 17.8 Å². The Kier molecular flexibility index (Phi) is 5.61. The minimum Gasteiger partial charge on any atom is -0.481 e. The molecule has 0 bridgehead atoms. The Morgan fingerprint density at radius 1 is 1.24 bits per heavy atom. The first-order valence-corrected chi connectivity index (χ1v) is 8.25. The molecule has 2 amide bonds. The quantitative estimate of drug-likeness (QED) is 0.782. The molecule has 1 heterocycles. The van der Waals surface area contributed by atoms with Crippen LogP contribution in [0.4, 0.5) is 4.79 Å². The summed E-state index contributed by atoms with van der Waals surface area (Å²) in [6, 6.07) is 4.06. The van der Waals surface area contributed by atoms with Crippen LogP contribution < -0.4 is 10.6 Å². The molecule has 0 radical (unpaired) electrons. The molecule has 0 aliphatic heterocycles. The highest BCUT2D eigenvalue weighted by molar-refractivity contribution is 7.11. The number of urea groups is 1. The molecule has 0 atom stereocenters. The third-order valence-corrected chi connectivity index (χ3v) is 5.13. The molecule has 1 aliphatic carbocycles. The van der Waals surface area contributed by atoms with Gasteiger partial charge in [0.05, 0.1) is 12.5 Å². The number of carbonyl (C=O) groups is 2. The third-order valence-electron chi connectivity index (χ3n) is 3.90. The number of hydrogen-bond donors (Lipinski definition) is 3. The number of carboxylic acids is 1. The first-order chi connectivity index (χ1) is 10.1. The van der Waals surface area contributed by atoms with Crippen molar-refractivity contribution in [2.24, 2.45) is 5.92 Å². The molecule has 1 aromatic rings. The Hall–Kier alpha value is -1.56. The Bertz CT molecular complexity index is 493. The lowest BCUT2D eigenvalue weighted by atomic mass is 9.86. The number of carbonyl (C=O) groups excluding carboxylic acids is 1. The molecule has 0 aromatic carbocycles. The molecule has 1 saturated carbocycles. The van der Waals surface area contributed by atoms with E-state index < -0.39 is 5.97 Å². The molecule has 21 heavy (non-hydrogen) atoms. The summed E-state index contributed by atoms with van der Waals surface area (Å²) in [6.45, 7) is 2.66. The van der Waals surface area contributed by atoms with Crippen molar-refractivity contribution in [2.75, 3.05) is 0 Å². The Labute approximate surface area is 128 Å². The molecule has 6 heteroatoms. The van der Waals surface area contributed by atoms with Crippen molar-refractivity contribution >= 4 is 23.3 Å². The van der Waals surface area contributed by atoms with Crippen molar-refractivity contribution in [3.63, 3.8) is 0 Å². The third kappa shape index (κ3) is 4.74. The Morgan fingerprint density at radius 2 is 1.90 bits per heavy atom. The Morgan fingerprint density at radius 3 is 2.48 bits per heavy atom. The second-order valence-electron chi connectivity index (χ2n) is 5.44. The van der Waals surface area contributed by atoms with Crippen LogP contribution in [0.5, 0.6) is 0 Å². The van der Waals surface area contributed by atoms with E-state index in [9.17, 15) is 9.59 Å². The number of aliphatic carboxylic acids is 1. The summed E-state index contributed by atoms with van der Waals surface area (Å²) in [4.78, 5) is 25.2. The number of amides is 2. The van der Waals surface area contributed by atoms with Crippen molar-refractivity contribution in [2.45, 2.75) is 51.6 Å². The first kappa shape index (κ1) is 15.8. The van der Waals surface area contributed by atoms with E-state index in [0.717, 1.165) is 24.1 Å². The minimum atomic E-state index is -0.720. The fourth-order valence-corrected chi connectivity index (χ4v) is 3.49. The zero-order valence-electron chi connectivity index (χ0n) is 12.2. The van der Waals surface area contributed by atoms with E-state index in [-0.39, 0.29) is 18.0 Å². The maximum Gasteiger partial charge on any atom is 0.315 e. The maximum atomic E-state index is 11.8. The van der Waals surface area contributed by atoms with Gasteiger partial charge in [-0.2, -0.15) is 0 Å². The molecule has 0 saturated heterocycles. The van der Waals surface area contributed by atoms with Crippen LogP contribution in [0.1, 0.15) is 42.4 Å². The monoisotopic (exact) mass is 310 g/mol. The summed E-state index contributed by atoms with van der Waals surface area (Å²) in [5, 5.41) is 14.7. The number of hydrogen-bond acceptors (Lipinski definition) is 3. The predicted octanol–water partition coefficient (Wildman–Crippen LogP) is 2.75. The van der Waals surface area contributed by atoms with Gasteiger partial charge in [0.2, 0.25) is 0 Å². The molecule has 1 aliphatic rings. The molecule has 1 fully saturated rings. The van der Waals surface area contributed by atoms with Crippen LogP contribution in [-0.4, -0.2) is 23.1 Å². The second kappa shape index (κ2) is 7.45. The van der Waals surface area contributed by atoms with Crippen LogP contribution in [0.15, 0.2) is 12.1 Å². The molecule has 1 aromatic heterocycles. The van der Waals surface area contributed by atoms with Crippen LogP contribution >= 0.6 is 11.3 Å². The van der Waals surface area contributed by atoms with Gasteiger partial charge in [0.25, 0.3) is 0 Å². The number of nitrogens with one attached hydrogen (secondary N) is 2. The Balaban J connectivity index is 1.69. The van der Waals surface area contributed by atoms with E-state index in [1.807, 2.05) is 6.07 Å². The number of carboxylic acid groups (broad SMARTS) is 1. The standard InChI is InChI=1S/C15H22N2O3S/c1-2-12-7-8-13(21-12)9-16-15(20)17-11-5-3-10(4-6-11)14(18)19/h7-8,10-11H,2-6,9H2,1H3,(H,18,19)(H2,16,17,20). The van der Waals surface area contributed by atoms with Gasteiger partial charge in [-0.05, 0) is 44.2 Å². The van der Waals surface area contributed by atoms with Crippen molar-refractivity contribution in [1.29, 1.82) is 0 Å². The zero-order valence-corrected chi connectivity index (χ0v) is 13.0. The van der Waals surface area contributed by atoms with E-state index in [0.29, 0.717) is 19.4 Å². The van der Waals surface area contributed by atoms with Gasteiger partial charge in [0.15, 0.2) is 0 Å². The summed E-state index contributed by atoms with van der Waals surface area (Å²) in [6.07, 6.45) is 3.78. The fourth-order valence-electron chi connectivity index (χ4n) is 2.60. The lowest BCUT2D eigenvalue weighted by Crippen LogP contribution is -2.43. The van der Waals surface area contributed by atoms with Gasteiger partial charge < -0.3 is 15.7 Å². The predicted molar refractivity (Wildman–Crippen MR) is 82.5 cm³/mol. The maximum absolute atomic E-state index is 11.8. The number of thiophene rings is 1. The van der Waals surface area contributed by atoms with Gasteiger partial charge in [-0.1, -0.05) is 6.92 Å². The van der Waals surface area contributed by atoms with Gasteiger partial charge in [0.1, 0.15) is 0 Å². The van der Waals surface area contributed by atoms with Crippen molar-refractivity contribution in [3.8, 4) is 0 Å². The number of rotatable bonds is 5. The van der Waals surface area contributed by atoms with Crippen molar-refractivity contribution in [3.05, 3.63) is 21.9 Å². The highest BCUT2D eigenvalue weighted by Crippen LogP contribution is 2.24. The van der Waals surface area contributed by atoms with Gasteiger partial charge in [-0.15, -0.1) is 11.3 Å². The molecular formula is C15H22N2O3S. The van der Waals surface area contributed by atoms with Crippen LogP contribution in [0.2, 0.25) is 0 Å². The SMILES string of the molecule is CCc1ccc(CNC(=O)NC2CCC(C(=O)O)CC2)s1. The summed E-state index contributed by atoms with van der Waals surface area (Å²) >= 11 is 1.72. The van der Waals surface area contributed by atoms with E-state index >= 15 is 0 Å². The smallest absolute Gasteiger partial charge is 0.315 e. The van der Waals surface area contributed by atoms with Gasteiger partial charge in [-0.25, -0.2) is 4.79 Å². The summed E-state index contributed by atoms with van der Waals surface area (Å²) in [5.74, 6) is -0.966. The van der Waals surface area contributed by atoms with E-state index in [4.69, 9.17) is 5.11 Å². The van der Waals surface area contributed by atoms with Crippen molar-refractivity contribution in [1.82, 2.24) is 10.6 Å². The minimum absolute atomic E-state index is 0.0927. The largest absolute Gasteiger partial charge is 0.481 e. The van der Waals surface area contributed by atoms with E-state index in [1.165, 1.54) is 4.88 Å². The van der Waals surface area contributed by atoms with Gasteiger partial charge >= 0.3 is 12.0 Å². The average Bonchev–Trinajstić information content (AvgIpc) is 2.94. The zero-order chi connectivity index (χ0) is 15.2. The van der Waals surface area contributed by atoms with E-state index in [1.54, 1.807) is 11.3 Å². The molecule has 2 rings (SSSR count). The summed E-state index contributed by atoms with van der Waals surface area (Å²) in [7, 11) is 0. The van der Waals surface area contributed by atoms with E-state index in [2.05, 4.69) is 23.6 Å². The second-order valence-corrected chi connectivity index (χ2v) is 6.69. The van der Waals surface area contributed by atoms with Crippen LogP contribution in [0, 0.1) is 5.92 Å². The molecule has 5 nitrogen and oxygen atoms in total. The lowest BCUT2D eigenvalue weighted by molar-refractivity contribution is -0.142. The highest BCUT2D eigenvalue weighted by atomic mass is 32.1. The topological polar surface area (TPSA) is 78.4 Å². The summed E-state index contributed by atoms with van der Waals surface area (Å²) in [5.41, 5.74) is 0. The molecule has 3 N–H and O–H groups in total. The van der Waals surface area contributed by atoms with Gasteiger partial charge in [-0.3, -0.25) is 4.79 Å². The molecule has 0 unspecified atom stereocenters. The summed E-state index contributed by atoms with van der Waals surface area (Å²) < 4.78 is 0. The molecular weight excluding hydrogens is 288 g/mol. The fraction of sp³-hybridized carbons (Fsp3) is 0.600. The van der Waals surface area contributed by atoms with Gasteiger partial charge in [0, 0.05) is 15.8 Å². The number of aryl methyl sites for hydroxylation is 1. The average molecular weight is 310 g/mol. The molecule has 0 spiro atoms. The molecule has 116 valence electrons. The van der Waals surface area contributed by atoms with Crippen molar-refractivity contribution < 1.29 is 14.7 Å². The van der Waals surface area contributed by atoms with Crippen LogP contribution in [0.3, 0.4) is 0 Å².